The molecule has 144 valence electrons. The van der Waals surface area contributed by atoms with Crippen LogP contribution in [0.1, 0.15) is 5.56 Å². The van der Waals surface area contributed by atoms with Crippen molar-refractivity contribution in [2.75, 3.05) is 18.8 Å². The average Bonchev–Trinajstić information content (AvgIpc) is 2.95. The fraction of sp³-hybridized carbons (Fsp3) is 0.150. The van der Waals surface area contributed by atoms with Gasteiger partial charge < -0.3 is 5.32 Å². The molecule has 0 saturated carbocycles. The molecular weight excluding hydrogens is 416 g/mol. The lowest BCUT2D eigenvalue weighted by molar-refractivity contribution is -0.123. The smallest absolute Gasteiger partial charge is 0.293 e. The number of nitrogens with one attached hydrogen (secondary N) is 1. The van der Waals surface area contributed by atoms with Gasteiger partial charge in [-0.05, 0) is 47.7 Å². The predicted molar refractivity (Wildman–Crippen MR) is 114 cm³/mol. The number of carbonyl (C=O) groups excluding carboxylic acids is 3. The summed E-state index contributed by atoms with van der Waals surface area (Å²) in [5, 5.41) is 3.06. The molecule has 1 fully saturated rings. The predicted octanol–water partition coefficient (Wildman–Crippen LogP) is 4.28. The molecule has 1 saturated heterocycles. The molecule has 0 bridgehead atoms. The minimum atomic E-state index is -0.330. The minimum absolute atomic E-state index is 0.147. The first-order valence-electron chi connectivity index (χ1n) is 8.48. The second kappa shape index (κ2) is 9.82. The molecule has 0 unspecified atom stereocenters. The van der Waals surface area contributed by atoms with Gasteiger partial charge in [0, 0.05) is 23.0 Å². The second-order valence-corrected chi connectivity index (χ2v) is 8.31. The molecule has 3 amide bonds. The van der Waals surface area contributed by atoms with Crippen LogP contribution >= 0.6 is 35.1 Å². The topological polar surface area (TPSA) is 66.5 Å². The van der Waals surface area contributed by atoms with Crippen LogP contribution in [0.15, 0.2) is 64.4 Å². The van der Waals surface area contributed by atoms with Crippen molar-refractivity contribution in [1.29, 1.82) is 0 Å². The van der Waals surface area contributed by atoms with Crippen molar-refractivity contribution in [3.63, 3.8) is 0 Å². The summed E-state index contributed by atoms with van der Waals surface area (Å²) < 4.78 is 0. The van der Waals surface area contributed by atoms with Gasteiger partial charge in [-0.2, -0.15) is 0 Å². The number of imide groups is 1. The first kappa shape index (κ1) is 20.5. The Hall–Kier alpha value is -2.22. The monoisotopic (exact) mass is 432 g/mol. The number of hydrogen-bond donors (Lipinski definition) is 1. The van der Waals surface area contributed by atoms with Gasteiger partial charge in [0.05, 0.1) is 10.7 Å². The molecule has 1 heterocycles. The molecule has 1 aliphatic heterocycles. The summed E-state index contributed by atoms with van der Waals surface area (Å²) in [5.74, 6) is -0.243. The molecule has 0 aliphatic carbocycles. The highest BCUT2D eigenvalue weighted by molar-refractivity contribution is 8.18. The number of rotatable bonds is 7. The molecule has 1 N–H and O–H groups in total. The van der Waals surface area contributed by atoms with E-state index in [1.807, 2.05) is 42.5 Å². The third kappa shape index (κ3) is 5.64. The number of nitrogens with zero attached hydrogens (tertiary/aromatic N) is 1. The summed E-state index contributed by atoms with van der Waals surface area (Å²) in [6.45, 7) is 0.366. The number of thioether (sulfide) groups is 2. The second-order valence-electron chi connectivity index (χ2n) is 5.84. The van der Waals surface area contributed by atoms with Crippen LogP contribution in [0.5, 0.6) is 0 Å². The maximum atomic E-state index is 12.4. The van der Waals surface area contributed by atoms with Crippen LogP contribution in [-0.4, -0.2) is 40.8 Å². The fourth-order valence-corrected chi connectivity index (χ4v) is 4.15. The van der Waals surface area contributed by atoms with Gasteiger partial charge in [0.25, 0.3) is 11.1 Å². The molecule has 2 aromatic rings. The van der Waals surface area contributed by atoms with E-state index in [0.717, 1.165) is 27.1 Å². The Labute approximate surface area is 176 Å². The molecule has 2 aromatic carbocycles. The molecule has 3 rings (SSSR count). The van der Waals surface area contributed by atoms with Crippen molar-refractivity contribution in [2.24, 2.45) is 0 Å². The standard InChI is InChI=1S/C20H17ClN2O3S2/c21-15-6-8-16(9-7-15)27-13-18(24)22-10-11-23-19(25)17(28-20(23)26)12-14-4-2-1-3-5-14/h1-9,12H,10-11,13H2,(H,22,24)/b17-12-. The SMILES string of the molecule is O=C(CSc1ccc(Cl)cc1)NCCN1C(=O)S/C(=C\c2ccccc2)C1=O. The van der Waals surface area contributed by atoms with Crippen LogP contribution in [0.2, 0.25) is 5.02 Å². The number of benzene rings is 2. The van der Waals surface area contributed by atoms with Crippen molar-refractivity contribution >= 4 is 58.3 Å². The van der Waals surface area contributed by atoms with E-state index in [0.29, 0.717) is 9.93 Å². The van der Waals surface area contributed by atoms with Crippen molar-refractivity contribution in [3.8, 4) is 0 Å². The number of hydrogen-bond acceptors (Lipinski definition) is 5. The molecule has 0 radical (unpaired) electrons. The lowest BCUT2D eigenvalue weighted by Crippen LogP contribution is -2.37. The molecule has 28 heavy (non-hydrogen) atoms. The van der Waals surface area contributed by atoms with E-state index in [1.54, 1.807) is 18.2 Å². The van der Waals surface area contributed by atoms with Crippen LogP contribution < -0.4 is 5.32 Å². The van der Waals surface area contributed by atoms with E-state index >= 15 is 0 Å². The molecule has 0 spiro atoms. The lowest BCUT2D eigenvalue weighted by Gasteiger charge is -2.13. The summed E-state index contributed by atoms with van der Waals surface area (Å²) >= 11 is 8.14. The van der Waals surface area contributed by atoms with E-state index in [9.17, 15) is 14.4 Å². The number of halogens is 1. The highest BCUT2D eigenvalue weighted by Crippen LogP contribution is 2.31. The van der Waals surface area contributed by atoms with Crippen LogP contribution in [0.25, 0.3) is 6.08 Å². The highest BCUT2D eigenvalue weighted by atomic mass is 35.5. The fourth-order valence-electron chi connectivity index (χ4n) is 2.43. The molecule has 0 atom stereocenters. The van der Waals surface area contributed by atoms with Crippen LogP contribution in [0.4, 0.5) is 4.79 Å². The Kier molecular flexibility index (Phi) is 7.19. The largest absolute Gasteiger partial charge is 0.354 e. The molecule has 8 heteroatoms. The van der Waals surface area contributed by atoms with E-state index in [-0.39, 0.29) is 35.9 Å². The van der Waals surface area contributed by atoms with Crippen molar-refractivity contribution in [2.45, 2.75) is 4.90 Å². The summed E-state index contributed by atoms with van der Waals surface area (Å²) in [6, 6.07) is 16.6. The number of amides is 3. The van der Waals surface area contributed by atoms with E-state index < -0.39 is 0 Å². The van der Waals surface area contributed by atoms with Crippen LogP contribution in [0.3, 0.4) is 0 Å². The highest BCUT2D eigenvalue weighted by Gasteiger charge is 2.34. The van der Waals surface area contributed by atoms with Gasteiger partial charge in [-0.15, -0.1) is 11.8 Å². The maximum Gasteiger partial charge on any atom is 0.293 e. The van der Waals surface area contributed by atoms with Crippen molar-refractivity contribution < 1.29 is 14.4 Å². The third-order valence-corrected chi connectivity index (χ3v) is 5.98. The maximum absolute atomic E-state index is 12.4. The van der Waals surface area contributed by atoms with Crippen LogP contribution in [-0.2, 0) is 9.59 Å². The average molecular weight is 433 g/mol. The van der Waals surface area contributed by atoms with E-state index in [2.05, 4.69) is 5.32 Å². The Morgan fingerprint density at radius 1 is 1.11 bits per heavy atom. The van der Waals surface area contributed by atoms with Gasteiger partial charge in [-0.3, -0.25) is 19.3 Å². The van der Waals surface area contributed by atoms with Gasteiger partial charge in [0.15, 0.2) is 0 Å². The Balaban J connectivity index is 1.46. The summed E-state index contributed by atoms with van der Waals surface area (Å²) in [7, 11) is 0. The minimum Gasteiger partial charge on any atom is -0.354 e. The van der Waals surface area contributed by atoms with E-state index in [1.165, 1.54) is 11.8 Å². The Morgan fingerprint density at radius 2 is 1.82 bits per heavy atom. The van der Waals surface area contributed by atoms with Gasteiger partial charge in [-0.25, -0.2) is 0 Å². The molecule has 0 aromatic heterocycles. The third-order valence-electron chi connectivity index (χ3n) is 3.81. The zero-order valence-electron chi connectivity index (χ0n) is 14.8. The normalized spacial score (nSPS) is 15.3. The van der Waals surface area contributed by atoms with Crippen LogP contribution in [0, 0.1) is 0 Å². The quantitative estimate of drug-likeness (QED) is 0.522. The van der Waals surface area contributed by atoms with Gasteiger partial charge in [0.2, 0.25) is 5.91 Å². The van der Waals surface area contributed by atoms with Gasteiger partial charge >= 0.3 is 0 Å². The summed E-state index contributed by atoms with van der Waals surface area (Å²) in [6.07, 6.45) is 1.70. The Morgan fingerprint density at radius 3 is 2.54 bits per heavy atom. The summed E-state index contributed by atoms with van der Waals surface area (Å²) in [5.41, 5.74) is 0.862. The molecule has 5 nitrogen and oxygen atoms in total. The first-order valence-corrected chi connectivity index (χ1v) is 10.7. The van der Waals surface area contributed by atoms with Gasteiger partial charge in [0.1, 0.15) is 0 Å². The first-order chi connectivity index (χ1) is 13.5. The zero-order chi connectivity index (χ0) is 19.9. The number of carbonyl (C=O) groups is 3. The van der Waals surface area contributed by atoms with E-state index in [4.69, 9.17) is 11.6 Å². The molecule has 1 aliphatic rings. The molecular formula is C20H17ClN2O3S2. The van der Waals surface area contributed by atoms with Crippen molar-refractivity contribution in [3.05, 3.63) is 70.1 Å². The van der Waals surface area contributed by atoms with Gasteiger partial charge in [-0.1, -0.05) is 41.9 Å². The van der Waals surface area contributed by atoms with Crippen molar-refractivity contribution in [1.82, 2.24) is 10.2 Å². The summed E-state index contributed by atoms with van der Waals surface area (Å²) in [4.78, 5) is 39.0. The Bertz CT molecular complexity index is 901. The zero-order valence-corrected chi connectivity index (χ0v) is 17.2. The lowest BCUT2D eigenvalue weighted by atomic mass is 10.2.